The predicted octanol–water partition coefficient (Wildman–Crippen LogP) is 1.86. The van der Waals surface area contributed by atoms with E-state index in [1.54, 1.807) is 6.07 Å². The maximum Gasteiger partial charge on any atom is 0.141 e. The van der Waals surface area contributed by atoms with Crippen LogP contribution in [-0.2, 0) is 6.54 Å². The van der Waals surface area contributed by atoms with Crippen molar-refractivity contribution in [3.8, 4) is 11.4 Å². The molecule has 1 aliphatic rings. The molecule has 0 bridgehead atoms. The standard InChI is InChI=1S/C12H13FN4/c13-8-1-4-11(15-6-8)12-5-10(16-17-12)7-14-9-2-3-9/h1,4-6,9,14H,2-3,7H2,(H,16,17). The highest BCUT2D eigenvalue weighted by Gasteiger charge is 2.20. The van der Waals surface area contributed by atoms with Crippen LogP contribution < -0.4 is 5.32 Å². The molecule has 2 heterocycles. The summed E-state index contributed by atoms with van der Waals surface area (Å²) in [4.78, 5) is 3.99. The summed E-state index contributed by atoms with van der Waals surface area (Å²) in [7, 11) is 0. The van der Waals surface area contributed by atoms with E-state index in [9.17, 15) is 4.39 Å². The third-order valence-corrected chi connectivity index (χ3v) is 2.78. The highest BCUT2D eigenvalue weighted by molar-refractivity contribution is 5.53. The number of aromatic amines is 1. The number of aromatic nitrogens is 3. The normalized spacial score (nSPS) is 15.1. The molecule has 0 amide bonds. The molecule has 0 aromatic carbocycles. The number of hydrogen-bond acceptors (Lipinski definition) is 3. The Kier molecular flexibility index (Phi) is 2.60. The van der Waals surface area contributed by atoms with Gasteiger partial charge in [-0.15, -0.1) is 0 Å². The van der Waals surface area contributed by atoms with Crippen molar-refractivity contribution in [1.82, 2.24) is 20.5 Å². The fraction of sp³-hybridized carbons (Fsp3) is 0.333. The van der Waals surface area contributed by atoms with Crippen LogP contribution >= 0.6 is 0 Å². The van der Waals surface area contributed by atoms with Gasteiger partial charge in [-0.2, -0.15) is 5.10 Å². The minimum atomic E-state index is -0.333. The Morgan fingerprint density at radius 2 is 2.24 bits per heavy atom. The maximum absolute atomic E-state index is 12.7. The predicted molar refractivity (Wildman–Crippen MR) is 61.6 cm³/mol. The van der Waals surface area contributed by atoms with E-state index in [-0.39, 0.29) is 5.82 Å². The third-order valence-electron chi connectivity index (χ3n) is 2.78. The number of H-pyrrole nitrogens is 1. The van der Waals surface area contributed by atoms with E-state index in [1.165, 1.54) is 25.1 Å². The molecule has 0 spiro atoms. The van der Waals surface area contributed by atoms with Crippen molar-refractivity contribution in [3.63, 3.8) is 0 Å². The first-order valence-corrected chi connectivity index (χ1v) is 5.71. The molecule has 0 unspecified atom stereocenters. The largest absolute Gasteiger partial charge is 0.308 e. The lowest BCUT2D eigenvalue weighted by Crippen LogP contribution is -2.15. The average molecular weight is 232 g/mol. The molecule has 2 N–H and O–H groups in total. The molecule has 3 rings (SSSR count). The number of nitrogens with zero attached hydrogens (tertiary/aromatic N) is 2. The number of rotatable bonds is 4. The molecule has 5 heteroatoms. The second kappa shape index (κ2) is 4.25. The molecule has 2 aromatic heterocycles. The molecule has 88 valence electrons. The molecule has 1 aliphatic carbocycles. The Balaban J connectivity index is 1.72. The summed E-state index contributed by atoms with van der Waals surface area (Å²) in [5, 5.41) is 10.5. The van der Waals surface area contributed by atoms with E-state index >= 15 is 0 Å². The van der Waals surface area contributed by atoms with E-state index in [4.69, 9.17) is 0 Å². The summed E-state index contributed by atoms with van der Waals surface area (Å²) in [6.45, 7) is 0.791. The fourth-order valence-corrected chi connectivity index (χ4v) is 1.65. The van der Waals surface area contributed by atoms with Gasteiger partial charge >= 0.3 is 0 Å². The van der Waals surface area contributed by atoms with Crippen molar-refractivity contribution < 1.29 is 4.39 Å². The van der Waals surface area contributed by atoms with Crippen LogP contribution in [0.1, 0.15) is 18.5 Å². The van der Waals surface area contributed by atoms with Crippen LogP contribution in [0.15, 0.2) is 24.4 Å². The van der Waals surface area contributed by atoms with Gasteiger partial charge < -0.3 is 5.32 Å². The minimum absolute atomic E-state index is 0.333. The van der Waals surface area contributed by atoms with Gasteiger partial charge in [0, 0.05) is 18.3 Å². The number of halogens is 1. The molecule has 0 aliphatic heterocycles. The molecule has 1 saturated carbocycles. The van der Waals surface area contributed by atoms with Gasteiger partial charge in [-0.1, -0.05) is 0 Å². The Hall–Kier alpha value is -1.75. The van der Waals surface area contributed by atoms with Crippen LogP contribution in [0.5, 0.6) is 0 Å². The van der Waals surface area contributed by atoms with Crippen molar-refractivity contribution in [3.05, 3.63) is 35.9 Å². The summed E-state index contributed by atoms with van der Waals surface area (Å²) >= 11 is 0. The Morgan fingerprint density at radius 3 is 2.94 bits per heavy atom. The van der Waals surface area contributed by atoms with Crippen LogP contribution in [0.2, 0.25) is 0 Å². The van der Waals surface area contributed by atoms with Crippen molar-refractivity contribution in [1.29, 1.82) is 0 Å². The Labute approximate surface area is 98.3 Å². The van der Waals surface area contributed by atoms with Gasteiger partial charge in [0.2, 0.25) is 0 Å². The summed E-state index contributed by atoms with van der Waals surface area (Å²) in [6, 6.07) is 5.63. The fourth-order valence-electron chi connectivity index (χ4n) is 1.65. The smallest absolute Gasteiger partial charge is 0.141 e. The molecule has 0 radical (unpaired) electrons. The van der Waals surface area contributed by atoms with Gasteiger partial charge in [0.15, 0.2) is 0 Å². The van der Waals surface area contributed by atoms with Crippen molar-refractivity contribution in [2.75, 3.05) is 0 Å². The number of pyridine rings is 1. The molecular weight excluding hydrogens is 219 g/mol. The molecule has 0 saturated heterocycles. The summed E-state index contributed by atoms with van der Waals surface area (Å²) in [5.41, 5.74) is 2.45. The molecule has 0 atom stereocenters. The van der Waals surface area contributed by atoms with Crippen LogP contribution in [-0.4, -0.2) is 21.2 Å². The highest BCUT2D eigenvalue weighted by atomic mass is 19.1. The van der Waals surface area contributed by atoms with Gasteiger partial charge in [0.05, 0.1) is 11.9 Å². The lowest BCUT2D eigenvalue weighted by molar-refractivity contribution is 0.622. The minimum Gasteiger partial charge on any atom is -0.308 e. The van der Waals surface area contributed by atoms with Crippen LogP contribution in [0.4, 0.5) is 4.39 Å². The SMILES string of the molecule is Fc1ccc(-c2cc(CNC3CC3)[nH]n2)nc1. The third kappa shape index (κ3) is 2.50. The zero-order valence-electron chi connectivity index (χ0n) is 9.28. The van der Waals surface area contributed by atoms with E-state index in [0.717, 1.165) is 17.9 Å². The first kappa shape index (κ1) is 10.4. The zero-order chi connectivity index (χ0) is 11.7. The number of hydrogen-bond donors (Lipinski definition) is 2. The van der Waals surface area contributed by atoms with Crippen LogP contribution in [0.3, 0.4) is 0 Å². The quantitative estimate of drug-likeness (QED) is 0.846. The maximum atomic E-state index is 12.7. The average Bonchev–Trinajstić information content (AvgIpc) is 3.06. The van der Waals surface area contributed by atoms with Gasteiger partial charge in [0.25, 0.3) is 0 Å². The molecule has 17 heavy (non-hydrogen) atoms. The Morgan fingerprint density at radius 1 is 1.35 bits per heavy atom. The zero-order valence-corrected chi connectivity index (χ0v) is 9.28. The molecule has 1 fully saturated rings. The van der Waals surface area contributed by atoms with Crippen molar-refractivity contribution >= 4 is 0 Å². The van der Waals surface area contributed by atoms with E-state index in [2.05, 4.69) is 20.5 Å². The second-order valence-electron chi connectivity index (χ2n) is 4.30. The molecule has 4 nitrogen and oxygen atoms in total. The van der Waals surface area contributed by atoms with Gasteiger partial charge in [-0.3, -0.25) is 10.1 Å². The second-order valence-corrected chi connectivity index (χ2v) is 4.30. The van der Waals surface area contributed by atoms with Gasteiger partial charge in [-0.25, -0.2) is 4.39 Å². The van der Waals surface area contributed by atoms with E-state index in [1.807, 2.05) is 6.07 Å². The lowest BCUT2D eigenvalue weighted by atomic mass is 10.2. The summed E-state index contributed by atoms with van der Waals surface area (Å²) in [5.74, 6) is -0.333. The first-order chi connectivity index (χ1) is 8.31. The molecule has 2 aromatic rings. The van der Waals surface area contributed by atoms with E-state index < -0.39 is 0 Å². The summed E-state index contributed by atoms with van der Waals surface area (Å²) < 4.78 is 12.7. The van der Waals surface area contributed by atoms with Crippen molar-refractivity contribution in [2.45, 2.75) is 25.4 Å². The summed E-state index contributed by atoms with van der Waals surface area (Å²) in [6.07, 6.45) is 3.73. The van der Waals surface area contributed by atoms with E-state index in [0.29, 0.717) is 11.7 Å². The number of nitrogens with one attached hydrogen (secondary N) is 2. The van der Waals surface area contributed by atoms with Gasteiger partial charge in [0.1, 0.15) is 11.5 Å². The Bertz CT molecular complexity index is 501. The van der Waals surface area contributed by atoms with Crippen molar-refractivity contribution in [2.24, 2.45) is 0 Å². The van der Waals surface area contributed by atoms with Crippen LogP contribution in [0, 0.1) is 5.82 Å². The van der Waals surface area contributed by atoms with Crippen LogP contribution in [0.25, 0.3) is 11.4 Å². The first-order valence-electron chi connectivity index (χ1n) is 5.71. The monoisotopic (exact) mass is 232 g/mol. The topological polar surface area (TPSA) is 53.6 Å². The lowest BCUT2D eigenvalue weighted by Gasteiger charge is -1.97. The molecular formula is C12H13FN4. The highest BCUT2D eigenvalue weighted by Crippen LogP contribution is 2.20. The van der Waals surface area contributed by atoms with Gasteiger partial charge in [-0.05, 0) is 31.0 Å².